The largest absolute Gasteiger partial charge is 0.369 e. The molecule has 1 atom stereocenters. The molecule has 0 radical (unpaired) electrons. The summed E-state index contributed by atoms with van der Waals surface area (Å²) in [6, 6.07) is 6.88. The van der Waals surface area contributed by atoms with Gasteiger partial charge in [-0.2, -0.15) is 5.10 Å². The van der Waals surface area contributed by atoms with Gasteiger partial charge in [0.2, 0.25) is 5.91 Å². The molecule has 1 unspecified atom stereocenters. The van der Waals surface area contributed by atoms with Crippen LogP contribution in [0.25, 0.3) is 0 Å². The molecule has 7 nitrogen and oxygen atoms in total. The van der Waals surface area contributed by atoms with E-state index in [1.54, 1.807) is 23.7 Å². The number of fused-ring (bicyclic) bond motifs is 1. The van der Waals surface area contributed by atoms with Crippen LogP contribution in [0.15, 0.2) is 29.1 Å². The van der Waals surface area contributed by atoms with Crippen molar-refractivity contribution < 1.29 is 9.18 Å². The van der Waals surface area contributed by atoms with E-state index in [1.807, 2.05) is 11.0 Å². The molecule has 0 spiro atoms. The Kier molecular flexibility index (Phi) is 4.72. The Labute approximate surface area is 156 Å². The number of nitrogens with zero attached hydrogens (tertiary/aromatic N) is 4. The lowest BCUT2D eigenvalue weighted by Gasteiger charge is -2.35. The minimum Gasteiger partial charge on any atom is -0.369 e. The van der Waals surface area contributed by atoms with Crippen molar-refractivity contribution in [2.24, 2.45) is 13.0 Å². The summed E-state index contributed by atoms with van der Waals surface area (Å²) in [6.07, 6.45) is 2.91. The van der Waals surface area contributed by atoms with Crippen LogP contribution in [0.2, 0.25) is 0 Å². The Morgan fingerprint density at radius 3 is 2.70 bits per heavy atom. The van der Waals surface area contributed by atoms with Crippen LogP contribution in [0.4, 0.5) is 10.1 Å². The number of hydrogen-bond acceptors (Lipinski definition) is 4. The number of carbonyl (C=O) groups is 1. The van der Waals surface area contributed by atoms with Crippen LogP contribution in [0, 0.1) is 11.7 Å². The van der Waals surface area contributed by atoms with E-state index < -0.39 is 0 Å². The Morgan fingerprint density at radius 2 is 1.96 bits per heavy atom. The second-order valence-corrected chi connectivity index (χ2v) is 7.39. The molecule has 1 aromatic heterocycles. The predicted octanol–water partition coefficient (Wildman–Crippen LogP) is 1.07. The second kappa shape index (κ2) is 7.17. The molecule has 1 amide bonds. The van der Waals surface area contributed by atoms with E-state index in [9.17, 15) is 14.0 Å². The molecule has 3 heterocycles. The van der Waals surface area contributed by atoms with Gasteiger partial charge in [-0.15, -0.1) is 0 Å². The maximum atomic E-state index is 13.9. The molecular formula is C19H24FN5O2. The molecule has 0 bridgehead atoms. The monoisotopic (exact) mass is 373 g/mol. The first-order valence-corrected chi connectivity index (χ1v) is 9.45. The topological polar surface area (TPSA) is 72.2 Å². The van der Waals surface area contributed by atoms with Crippen molar-refractivity contribution in [2.45, 2.75) is 38.3 Å². The van der Waals surface area contributed by atoms with Crippen LogP contribution in [0.5, 0.6) is 0 Å². The standard InChI is InChI=1S/C19H24FN5O2/c1-23-19(27)25-12-13(6-7-17(25)22-23)18(26)21-14-8-10-24(11-9-14)16-5-3-2-4-15(16)20/h2-5,13-14H,6-12H2,1H3,(H,21,26). The number of para-hydroxylation sites is 1. The van der Waals surface area contributed by atoms with Gasteiger partial charge in [-0.1, -0.05) is 12.1 Å². The Bertz CT molecular complexity index is 898. The van der Waals surface area contributed by atoms with Crippen molar-refractivity contribution >= 4 is 11.6 Å². The molecule has 144 valence electrons. The summed E-state index contributed by atoms with van der Waals surface area (Å²) in [5.74, 6) is 0.342. The summed E-state index contributed by atoms with van der Waals surface area (Å²) in [5.41, 5.74) is 0.457. The molecule has 1 saturated heterocycles. The number of benzene rings is 1. The molecule has 8 heteroatoms. The Balaban J connectivity index is 1.33. The fraction of sp³-hybridized carbons (Fsp3) is 0.526. The first-order valence-electron chi connectivity index (χ1n) is 9.45. The van der Waals surface area contributed by atoms with Crippen LogP contribution in [-0.4, -0.2) is 39.4 Å². The molecule has 1 N–H and O–H groups in total. The maximum Gasteiger partial charge on any atom is 0.345 e. The number of hydrogen-bond donors (Lipinski definition) is 1. The van der Waals surface area contributed by atoms with Gasteiger partial charge in [-0.3, -0.25) is 9.36 Å². The van der Waals surface area contributed by atoms with Crippen LogP contribution in [0.1, 0.15) is 25.1 Å². The van der Waals surface area contributed by atoms with Gasteiger partial charge in [0.05, 0.1) is 11.6 Å². The molecule has 2 aliphatic heterocycles. The predicted molar refractivity (Wildman–Crippen MR) is 99.1 cm³/mol. The van der Waals surface area contributed by atoms with E-state index in [1.165, 1.54) is 10.7 Å². The highest BCUT2D eigenvalue weighted by molar-refractivity contribution is 5.79. The maximum absolute atomic E-state index is 13.9. The molecule has 2 aromatic rings. The number of rotatable bonds is 3. The number of nitrogens with one attached hydrogen (secondary N) is 1. The van der Waals surface area contributed by atoms with E-state index in [-0.39, 0.29) is 29.4 Å². The lowest BCUT2D eigenvalue weighted by molar-refractivity contribution is -0.126. The summed E-state index contributed by atoms with van der Waals surface area (Å²) in [4.78, 5) is 26.8. The van der Waals surface area contributed by atoms with Gasteiger partial charge < -0.3 is 10.2 Å². The SMILES string of the molecule is Cn1nc2n(c1=O)CC(C(=O)NC1CCN(c3ccccc3F)CC1)CC2. The fourth-order valence-electron chi connectivity index (χ4n) is 4.04. The van der Waals surface area contributed by atoms with E-state index in [0.29, 0.717) is 38.2 Å². The first kappa shape index (κ1) is 17.8. The minimum absolute atomic E-state index is 0.000690. The highest BCUT2D eigenvalue weighted by Gasteiger charge is 2.30. The zero-order chi connectivity index (χ0) is 19.0. The Hall–Kier alpha value is -2.64. The molecule has 27 heavy (non-hydrogen) atoms. The zero-order valence-electron chi connectivity index (χ0n) is 15.4. The minimum atomic E-state index is -0.208. The van der Waals surface area contributed by atoms with Crippen molar-refractivity contribution in [1.29, 1.82) is 0 Å². The molecule has 0 aliphatic carbocycles. The summed E-state index contributed by atoms with van der Waals surface area (Å²) in [6.45, 7) is 1.81. The van der Waals surface area contributed by atoms with Crippen LogP contribution in [-0.2, 0) is 24.8 Å². The van der Waals surface area contributed by atoms with Crippen molar-refractivity contribution in [3.05, 3.63) is 46.4 Å². The number of aromatic nitrogens is 3. The molecule has 4 rings (SSSR count). The van der Waals surface area contributed by atoms with E-state index in [0.717, 1.165) is 18.7 Å². The van der Waals surface area contributed by atoms with E-state index >= 15 is 0 Å². The van der Waals surface area contributed by atoms with Gasteiger partial charge in [0.1, 0.15) is 11.6 Å². The summed E-state index contributed by atoms with van der Waals surface area (Å²) >= 11 is 0. The summed E-state index contributed by atoms with van der Waals surface area (Å²) in [5, 5.41) is 7.33. The van der Waals surface area contributed by atoms with Crippen molar-refractivity contribution in [2.75, 3.05) is 18.0 Å². The van der Waals surface area contributed by atoms with Crippen LogP contribution < -0.4 is 15.9 Å². The Morgan fingerprint density at radius 1 is 1.22 bits per heavy atom. The number of amides is 1. The third kappa shape index (κ3) is 3.48. The van der Waals surface area contributed by atoms with Gasteiger partial charge in [-0.05, 0) is 31.4 Å². The number of aryl methyl sites for hydroxylation is 2. The number of anilines is 1. The first-order chi connectivity index (χ1) is 13.0. The normalized spacial score (nSPS) is 20.4. The third-order valence-corrected chi connectivity index (χ3v) is 5.61. The van der Waals surface area contributed by atoms with Crippen LogP contribution >= 0.6 is 0 Å². The summed E-state index contributed by atoms with van der Waals surface area (Å²) in [7, 11) is 1.63. The van der Waals surface area contributed by atoms with Gasteiger partial charge in [-0.25, -0.2) is 13.9 Å². The van der Waals surface area contributed by atoms with Gasteiger partial charge >= 0.3 is 5.69 Å². The molecule has 0 saturated carbocycles. The fourth-order valence-corrected chi connectivity index (χ4v) is 4.04. The molecule has 1 aromatic carbocycles. The second-order valence-electron chi connectivity index (χ2n) is 7.39. The lowest BCUT2D eigenvalue weighted by atomic mass is 9.96. The third-order valence-electron chi connectivity index (χ3n) is 5.61. The summed E-state index contributed by atoms with van der Waals surface area (Å²) < 4.78 is 16.9. The highest BCUT2D eigenvalue weighted by atomic mass is 19.1. The number of piperidine rings is 1. The van der Waals surface area contributed by atoms with E-state index in [2.05, 4.69) is 10.4 Å². The lowest BCUT2D eigenvalue weighted by Crippen LogP contribution is -2.48. The average molecular weight is 373 g/mol. The van der Waals surface area contributed by atoms with Gasteiger partial charge in [0.25, 0.3) is 0 Å². The zero-order valence-corrected chi connectivity index (χ0v) is 15.4. The number of carbonyl (C=O) groups excluding carboxylic acids is 1. The van der Waals surface area contributed by atoms with Crippen LogP contribution in [0.3, 0.4) is 0 Å². The molecule has 1 fully saturated rings. The smallest absolute Gasteiger partial charge is 0.345 e. The van der Waals surface area contributed by atoms with Gasteiger partial charge in [0, 0.05) is 39.1 Å². The molecular weight excluding hydrogens is 349 g/mol. The quantitative estimate of drug-likeness (QED) is 0.874. The van der Waals surface area contributed by atoms with Crippen molar-refractivity contribution in [3.8, 4) is 0 Å². The number of halogens is 1. The van der Waals surface area contributed by atoms with Crippen molar-refractivity contribution in [1.82, 2.24) is 19.7 Å². The van der Waals surface area contributed by atoms with Crippen molar-refractivity contribution in [3.63, 3.8) is 0 Å². The van der Waals surface area contributed by atoms with E-state index in [4.69, 9.17) is 0 Å². The average Bonchev–Trinajstić information content (AvgIpc) is 2.96. The van der Waals surface area contributed by atoms with Gasteiger partial charge in [0.15, 0.2) is 0 Å². The molecule has 2 aliphatic rings. The highest BCUT2D eigenvalue weighted by Crippen LogP contribution is 2.23.